The lowest BCUT2D eigenvalue weighted by Crippen LogP contribution is -2.03. The number of ether oxygens (including phenoxy) is 1. The molecule has 2 aromatic rings. The third-order valence-electron chi connectivity index (χ3n) is 2.93. The van der Waals surface area contributed by atoms with E-state index < -0.39 is 6.10 Å². The van der Waals surface area contributed by atoms with Crippen LogP contribution in [0.4, 0.5) is 0 Å². The second-order valence-electron chi connectivity index (χ2n) is 4.32. The monoisotopic (exact) mass is 340 g/mol. The highest BCUT2D eigenvalue weighted by Gasteiger charge is 2.18. The van der Waals surface area contributed by atoms with Gasteiger partial charge < -0.3 is 9.84 Å². The van der Waals surface area contributed by atoms with E-state index in [4.69, 9.17) is 16.3 Å². The number of halogens is 2. The standard InChI is InChI=1S/C15H14BrClO2/c1-9-3-5-10(6-4-9)14(18)12-7-11(17)8-13(16)15(12)19-2/h3-8,14,18H,1-2H3. The lowest BCUT2D eigenvalue weighted by Gasteiger charge is -2.17. The van der Waals surface area contributed by atoms with Crippen molar-refractivity contribution in [3.05, 3.63) is 62.6 Å². The molecule has 2 aromatic carbocycles. The Labute approximate surface area is 126 Å². The topological polar surface area (TPSA) is 29.5 Å². The van der Waals surface area contributed by atoms with Crippen LogP contribution in [-0.4, -0.2) is 12.2 Å². The molecule has 0 bridgehead atoms. The molecule has 1 N–H and O–H groups in total. The first-order valence-corrected chi connectivity index (χ1v) is 6.97. The number of rotatable bonds is 3. The molecule has 0 amide bonds. The molecule has 1 unspecified atom stereocenters. The van der Waals surface area contributed by atoms with Gasteiger partial charge in [0.25, 0.3) is 0 Å². The average molecular weight is 342 g/mol. The van der Waals surface area contributed by atoms with Crippen LogP contribution in [0.2, 0.25) is 5.02 Å². The van der Waals surface area contributed by atoms with Gasteiger partial charge in [-0.3, -0.25) is 0 Å². The van der Waals surface area contributed by atoms with Gasteiger partial charge in [-0.1, -0.05) is 41.4 Å². The molecule has 1 atom stereocenters. The highest BCUT2D eigenvalue weighted by molar-refractivity contribution is 9.10. The Morgan fingerprint density at radius 1 is 1.21 bits per heavy atom. The van der Waals surface area contributed by atoms with Gasteiger partial charge in [-0.2, -0.15) is 0 Å². The second kappa shape index (κ2) is 5.95. The number of aryl methyl sites for hydroxylation is 1. The van der Waals surface area contributed by atoms with Gasteiger partial charge >= 0.3 is 0 Å². The van der Waals surface area contributed by atoms with Crippen LogP contribution in [0.15, 0.2) is 40.9 Å². The molecule has 0 aliphatic carbocycles. The highest BCUT2D eigenvalue weighted by atomic mass is 79.9. The molecule has 2 nitrogen and oxygen atoms in total. The number of aliphatic hydroxyl groups is 1. The molecule has 19 heavy (non-hydrogen) atoms. The lowest BCUT2D eigenvalue weighted by molar-refractivity contribution is 0.214. The molecule has 0 saturated heterocycles. The van der Waals surface area contributed by atoms with E-state index in [1.165, 1.54) is 0 Å². The minimum atomic E-state index is -0.773. The van der Waals surface area contributed by atoms with E-state index >= 15 is 0 Å². The van der Waals surface area contributed by atoms with E-state index in [2.05, 4.69) is 15.9 Å². The first-order chi connectivity index (χ1) is 9.02. The van der Waals surface area contributed by atoms with Crippen LogP contribution in [0.1, 0.15) is 22.8 Å². The van der Waals surface area contributed by atoms with Crippen LogP contribution in [0.3, 0.4) is 0 Å². The zero-order valence-corrected chi connectivity index (χ0v) is 13.0. The Morgan fingerprint density at radius 3 is 2.42 bits per heavy atom. The van der Waals surface area contributed by atoms with Crippen molar-refractivity contribution in [2.45, 2.75) is 13.0 Å². The van der Waals surface area contributed by atoms with Crippen molar-refractivity contribution in [1.29, 1.82) is 0 Å². The molecule has 0 spiro atoms. The van der Waals surface area contributed by atoms with Crippen molar-refractivity contribution in [2.75, 3.05) is 7.11 Å². The largest absolute Gasteiger partial charge is 0.495 e. The van der Waals surface area contributed by atoms with Crippen LogP contribution >= 0.6 is 27.5 Å². The Hall–Kier alpha value is -1.03. The maximum atomic E-state index is 10.5. The summed E-state index contributed by atoms with van der Waals surface area (Å²) in [5.74, 6) is 0.595. The maximum absolute atomic E-state index is 10.5. The summed E-state index contributed by atoms with van der Waals surface area (Å²) in [6, 6.07) is 11.2. The molecule has 100 valence electrons. The summed E-state index contributed by atoms with van der Waals surface area (Å²) in [5.41, 5.74) is 2.60. The van der Waals surface area contributed by atoms with Gasteiger partial charge in [0.05, 0.1) is 11.6 Å². The number of hydrogen-bond acceptors (Lipinski definition) is 2. The zero-order valence-electron chi connectivity index (χ0n) is 10.7. The molecular weight excluding hydrogens is 328 g/mol. The van der Waals surface area contributed by atoms with E-state index in [0.717, 1.165) is 15.6 Å². The number of aliphatic hydroxyl groups excluding tert-OH is 1. The average Bonchev–Trinajstić information content (AvgIpc) is 2.38. The Balaban J connectivity index is 2.48. The van der Waals surface area contributed by atoms with E-state index in [9.17, 15) is 5.11 Å². The van der Waals surface area contributed by atoms with Crippen LogP contribution < -0.4 is 4.74 Å². The quantitative estimate of drug-likeness (QED) is 0.890. The Morgan fingerprint density at radius 2 is 1.84 bits per heavy atom. The smallest absolute Gasteiger partial charge is 0.139 e. The van der Waals surface area contributed by atoms with Crippen LogP contribution in [0, 0.1) is 6.92 Å². The minimum Gasteiger partial charge on any atom is -0.495 e. The van der Waals surface area contributed by atoms with E-state index in [1.807, 2.05) is 31.2 Å². The Kier molecular flexibility index (Phi) is 4.50. The first kappa shape index (κ1) is 14.4. The van der Waals surface area contributed by atoms with Crippen molar-refractivity contribution >= 4 is 27.5 Å². The zero-order chi connectivity index (χ0) is 14.0. The summed E-state index contributed by atoms with van der Waals surface area (Å²) in [5, 5.41) is 11.0. The van der Waals surface area contributed by atoms with Gasteiger partial charge in [-0.15, -0.1) is 0 Å². The van der Waals surface area contributed by atoms with Crippen molar-refractivity contribution in [3.8, 4) is 5.75 Å². The van der Waals surface area contributed by atoms with Crippen LogP contribution in [0.25, 0.3) is 0 Å². The summed E-state index contributed by atoms with van der Waals surface area (Å²) in [6.07, 6.45) is -0.773. The highest BCUT2D eigenvalue weighted by Crippen LogP contribution is 2.38. The van der Waals surface area contributed by atoms with Gasteiger partial charge in [0.15, 0.2) is 0 Å². The van der Waals surface area contributed by atoms with E-state index in [0.29, 0.717) is 16.3 Å². The predicted octanol–water partition coefficient (Wildman–Crippen LogP) is 4.50. The summed E-state index contributed by atoms with van der Waals surface area (Å²) in [6.45, 7) is 2.01. The van der Waals surface area contributed by atoms with Crippen molar-refractivity contribution in [3.63, 3.8) is 0 Å². The number of hydrogen-bond donors (Lipinski definition) is 1. The lowest BCUT2D eigenvalue weighted by atomic mass is 10.00. The molecule has 0 heterocycles. The fourth-order valence-corrected chi connectivity index (χ4v) is 2.92. The van der Waals surface area contributed by atoms with Crippen molar-refractivity contribution in [2.24, 2.45) is 0 Å². The normalized spacial score (nSPS) is 12.3. The fraction of sp³-hybridized carbons (Fsp3) is 0.200. The van der Waals surface area contributed by atoms with E-state index in [-0.39, 0.29) is 0 Å². The van der Waals surface area contributed by atoms with Gasteiger partial charge in [-0.25, -0.2) is 0 Å². The number of benzene rings is 2. The summed E-state index contributed by atoms with van der Waals surface area (Å²) >= 11 is 9.43. The third kappa shape index (κ3) is 3.11. The molecule has 2 rings (SSSR count). The van der Waals surface area contributed by atoms with Gasteiger partial charge in [0.2, 0.25) is 0 Å². The predicted molar refractivity (Wildman–Crippen MR) is 80.9 cm³/mol. The molecule has 0 aliphatic heterocycles. The number of methoxy groups -OCH3 is 1. The van der Waals surface area contributed by atoms with Gasteiger partial charge in [-0.05, 0) is 40.5 Å². The molecule has 0 radical (unpaired) electrons. The molecular formula is C15H14BrClO2. The van der Waals surface area contributed by atoms with E-state index in [1.54, 1.807) is 19.2 Å². The fourth-order valence-electron chi connectivity index (χ4n) is 1.93. The second-order valence-corrected chi connectivity index (χ2v) is 5.61. The maximum Gasteiger partial charge on any atom is 0.139 e. The molecule has 0 aromatic heterocycles. The molecule has 4 heteroatoms. The van der Waals surface area contributed by atoms with Crippen molar-refractivity contribution < 1.29 is 9.84 Å². The third-order valence-corrected chi connectivity index (χ3v) is 3.74. The molecule has 0 saturated carbocycles. The summed E-state index contributed by atoms with van der Waals surface area (Å²) < 4.78 is 6.06. The van der Waals surface area contributed by atoms with Crippen LogP contribution in [-0.2, 0) is 0 Å². The van der Waals surface area contributed by atoms with Crippen LogP contribution in [0.5, 0.6) is 5.75 Å². The van der Waals surface area contributed by atoms with Gasteiger partial charge in [0, 0.05) is 10.6 Å². The molecule has 0 aliphatic rings. The first-order valence-electron chi connectivity index (χ1n) is 5.80. The van der Waals surface area contributed by atoms with Crippen molar-refractivity contribution in [1.82, 2.24) is 0 Å². The minimum absolute atomic E-state index is 0.550. The molecule has 0 fully saturated rings. The SMILES string of the molecule is COc1c(Br)cc(Cl)cc1C(O)c1ccc(C)cc1. The summed E-state index contributed by atoms with van der Waals surface area (Å²) in [4.78, 5) is 0. The Bertz CT molecular complexity index is 581. The summed E-state index contributed by atoms with van der Waals surface area (Å²) in [7, 11) is 1.57. The van der Waals surface area contributed by atoms with Gasteiger partial charge in [0.1, 0.15) is 11.9 Å².